The third-order valence-electron chi connectivity index (χ3n) is 4.53. The van der Waals surface area contributed by atoms with Gasteiger partial charge < -0.3 is 15.5 Å². The number of nitrogens with zero attached hydrogens (tertiary/aromatic N) is 2. The monoisotopic (exact) mass is 332 g/mol. The maximum absolute atomic E-state index is 11.9. The quantitative estimate of drug-likeness (QED) is 0.801. The molecule has 1 saturated carbocycles. The van der Waals surface area contributed by atoms with Crippen LogP contribution in [0.15, 0.2) is 18.3 Å². The Morgan fingerprint density at radius 1 is 1.25 bits per heavy atom. The highest BCUT2D eigenvalue weighted by molar-refractivity contribution is 5.78. The molecule has 132 valence electrons. The summed E-state index contributed by atoms with van der Waals surface area (Å²) in [6, 6.07) is 4.44. The van der Waals surface area contributed by atoms with Crippen molar-refractivity contribution in [3.05, 3.63) is 23.9 Å². The second-order valence-electron chi connectivity index (χ2n) is 6.40. The van der Waals surface area contributed by atoms with Gasteiger partial charge in [0, 0.05) is 51.3 Å². The van der Waals surface area contributed by atoms with Gasteiger partial charge in [-0.25, -0.2) is 4.98 Å². The van der Waals surface area contributed by atoms with Crippen molar-refractivity contribution in [2.24, 2.45) is 0 Å². The zero-order valence-corrected chi connectivity index (χ0v) is 14.7. The molecule has 0 unspecified atom stereocenters. The highest BCUT2D eigenvalue weighted by atomic mass is 16.2. The lowest BCUT2D eigenvalue weighted by molar-refractivity contribution is -0.121. The molecule has 2 rings (SSSR count). The molecule has 6 nitrogen and oxygen atoms in total. The van der Waals surface area contributed by atoms with Gasteiger partial charge in [0.2, 0.25) is 11.8 Å². The number of hydrogen-bond donors (Lipinski definition) is 2. The molecule has 2 amide bonds. The molecule has 1 aromatic rings. The molecule has 1 fully saturated rings. The maximum Gasteiger partial charge on any atom is 0.222 e. The molecule has 0 aromatic carbocycles. The lowest BCUT2D eigenvalue weighted by Crippen LogP contribution is -2.35. The van der Waals surface area contributed by atoms with Gasteiger partial charge >= 0.3 is 0 Å². The van der Waals surface area contributed by atoms with Gasteiger partial charge in [-0.2, -0.15) is 0 Å². The van der Waals surface area contributed by atoms with Gasteiger partial charge in [-0.1, -0.05) is 25.3 Å². The number of nitrogens with one attached hydrogen (secondary N) is 2. The van der Waals surface area contributed by atoms with Crippen LogP contribution in [0.25, 0.3) is 0 Å². The van der Waals surface area contributed by atoms with Gasteiger partial charge in [0.25, 0.3) is 0 Å². The van der Waals surface area contributed by atoms with Gasteiger partial charge in [0.15, 0.2) is 0 Å². The molecule has 2 N–H and O–H groups in total. The van der Waals surface area contributed by atoms with E-state index in [1.165, 1.54) is 39.0 Å². The molecule has 24 heavy (non-hydrogen) atoms. The van der Waals surface area contributed by atoms with Crippen LogP contribution in [0.1, 0.15) is 51.0 Å². The van der Waals surface area contributed by atoms with Gasteiger partial charge in [0.05, 0.1) is 0 Å². The number of hydrogen-bond acceptors (Lipinski definition) is 4. The number of anilines is 1. The van der Waals surface area contributed by atoms with Gasteiger partial charge in [0.1, 0.15) is 5.82 Å². The minimum Gasteiger partial charge on any atom is -0.356 e. The van der Waals surface area contributed by atoms with E-state index in [2.05, 4.69) is 27.6 Å². The summed E-state index contributed by atoms with van der Waals surface area (Å²) < 4.78 is 0. The summed E-state index contributed by atoms with van der Waals surface area (Å²) in [4.78, 5) is 29.5. The summed E-state index contributed by atoms with van der Waals surface area (Å²) in [7, 11) is 2.10. The number of amides is 2. The molecular weight excluding hydrogens is 304 g/mol. The molecule has 0 aliphatic heterocycles. The minimum absolute atomic E-state index is 0.0705. The molecule has 1 heterocycles. The maximum atomic E-state index is 11.9. The lowest BCUT2D eigenvalue weighted by atomic mass is 9.94. The summed E-state index contributed by atoms with van der Waals surface area (Å²) in [5.41, 5.74) is 1.03. The Hall–Kier alpha value is -2.11. The highest BCUT2D eigenvalue weighted by Gasteiger charge is 2.21. The highest BCUT2D eigenvalue weighted by Crippen LogP contribution is 2.26. The van der Waals surface area contributed by atoms with E-state index < -0.39 is 0 Å². The Bertz CT molecular complexity index is 556. The normalized spacial score (nSPS) is 14.9. The lowest BCUT2D eigenvalue weighted by Gasteiger charge is -2.33. The summed E-state index contributed by atoms with van der Waals surface area (Å²) >= 11 is 0. The fourth-order valence-electron chi connectivity index (χ4n) is 3.16. The van der Waals surface area contributed by atoms with E-state index in [-0.39, 0.29) is 18.2 Å². The fraction of sp³-hybridized carbons (Fsp3) is 0.611. The molecule has 1 aliphatic rings. The fourth-order valence-corrected chi connectivity index (χ4v) is 3.16. The van der Waals surface area contributed by atoms with Crippen molar-refractivity contribution in [3.63, 3.8) is 0 Å². The number of carbonyl (C=O) groups excluding carboxylic acids is 2. The van der Waals surface area contributed by atoms with Crippen molar-refractivity contribution in [1.29, 1.82) is 0 Å². The first-order valence-electron chi connectivity index (χ1n) is 8.76. The minimum atomic E-state index is -0.119. The largest absolute Gasteiger partial charge is 0.356 e. The van der Waals surface area contributed by atoms with Crippen molar-refractivity contribution >= 4 is 17.6 Å². The molecule has 6 heteroatoms. The Morgan fingerprint density at radius 3 is 2.71 bits per heavy atom. The summed E-state index contributed by atoms with van der Waals surface area (Å²) in [5, 5.41) is 5.54. The predicted octanol–water partition coefficient (Wildman–Crippen LogP) is 1.99. The first-order chi connectivity index (χ1) is 11.6. The molecule has 1 aliphatic carbocycles. The molecule has 0 spiro atoms. The van der Waals surface area contributed by atoms with Crippen LogP contribution in [0.3, 0.4) is 0 Å². The average Bonchev–Trinajstić information content (AvgIpc) is 2.60. The summed E-state index contributed by atoms with van der Waals surface area (Å²) in [6.45, 7) is 2.27. The SMILES string of the molecule is CC(=O)NCCC(=O)NCc1cccnc1N(C)C1CCCCC1. The van der Waals surface area contributed by atoms with Crippen LogP contribution in [0.5, 0.6) is 0 Å². The molecule has 0 atom stereocenters. The average molecular weight is 332 g/mol. The summed E-state index contributed by atoms with van der Waals surface area (Å²) in [5.74, 6) is 0.761. The number of rotatable bonds is 7. The molecule has 0 saturated heterocycles. The van der Waals surface area contributed by atoms with Crippen LogP contribution in [-0.2, 0) is 16.1 Å². The first kappa shape index (κ1) is 18.2. The zero-order chi connectivity index (χ0) is 17.4. The van der Waals surface area contributed by atoms with E-state index in [1.807, 2.05) is 12.1 Å². The number of aromatic nitrogens is 1. The standard InChI is InChI=1S/C18H28N4O2/c1-14(23)19-12-10-17(24)21-13-15-7-6-11-20-18(15)22(2)16-8-4-3-5-9-16/h6-7,11,16H,3-5,8-10,12-13H2,1-2H3,(H,19,23)(H,21,24). The van der Waals surface area contributed by atoms with Crippen molar-refractivity contribution in [2.75, 3.05) is 18.5 Å². The Labute approximate surface area is 144 Å². The van der Waals surface area contributed by atoms with E-state index in [9.17, 15) is 9.59 Å². The number of carbonyl (C=O) groups is 2. The third-order valence-corrected chi connectivity index (χ3v) is 4.53. The van der Waals surface area contributed by atoms with E-state index in [1.54, 1.807) is 6.20 Å². The van der Waals surface area contributed by atoms with Crippen LogP contribution in [0.2, 0.25) is 0 Å². The molecular formula is C18H28N4O2. The second kappa shape index (κ2) is 9.25. The van der Waals surface area contributed by atoms with Crippen molar-refractivity contribution in [3.8, 4) is 0 Å². The van der Waals surface area contributed by atoms with Crippen molar-refractivity contribution in [2.45, 2.75) is 58.0 Å². The van der Waals surface area contributed by atoms with E-state index in [0.717, 1.165) is 11.4 Å². The number of pyridine rings is 1. The van der Waals surface area contributed by atoms with E-state index in [0.29, 0.717) is 19.1 Å². The summed E-state index contributed by atoms with van der Waals surface area (Å²) in [6.07, 6.45) is 8.37. The van der Waals surface area contributed by atoms with Crippen LogP contribution >= 0.6 is 0 Å². The van der Waals surface area contributed by atoms with Crippen LogP contribution in [0, 0.1) is 0 Å². The van der Waals surface area contributed by atoms with Gasteiger partial charge in [-0.05, 0) is 18.9 Å². The second-order valence-corrected chi connectivity index (χ2v) is 6.40. The van der Waals surface area contributed by atoms with Crippen LogP contribution < -0.4 is 15.5 Å². The van der Waals surface area contributed by atoms with Crippen LogP contribution in [0.4, 0.5) is 5.82 Å². The van der Waals surface area contributed by atoms with E-state index in [4.69, 9.17) is 0 Å². The van der Waals surface area contributed by atoms with Gasteiger partial charge in [-0.3, -0.25) is 9.59 Å². The topological polar surface area (TPSA) is 74.3 Å². The predicted molar refractivity (Wildman–Crippen MR) is 94.7 cm³/mol. The molecule has 1 aromatic heterocycles. The smallest absolute Gasteiger partial charge is 0.222 e. The Balaban J connectivity index is 1.90. The Kier molecular flexibility index (Phi) is 7.03. The van der Waals surface area contributed by atoms with Crippen molar-refractivity contribution < 1.29 is 9.59 Å². The zero-order valence-electron chi connectivity index (χ0n) is 14.7. The molecule has 0 bridgehead atoms. The van der Waals surface area contributed by atoms with Gasteiger partial charge in [-0.15, -0.1) is 0 Å². The Morgan fingerprint density at radius 2 is 2.00 bits per heavy atom. The first-order valence-corrected chi connectivity index (χ1v) is 8.76. The third kappa shape index (κ3) is 5.51. The van der Waals surface area contributed by atoms with Crippen molar-refractivity contribution in [1.82, 2.24) is 15.6 Å². The molecule has 0 radical (unpaired) electrons. The van der Waals surface area contributed by atoms with E-state index >= 15 is 0 Å². The van der Waals surface area contributed by atoms with Crippen LogP contribution in [-0.4, -0.2) is 36.4 Å².